The van der Waals surface area contributed by atoms with Crippen LogP contribution in [-0.2, 0) is 13.3 Å². The number of nitrogens with zero attached hydrogens (tertiary/aromatic N) is 4. The summed E-state index contributed by atoms with van der Waals surface area (Å²) in [6.07, 6.45) is 12.1. The summed E-state index contributed by atoms with van der Waals surface area (Å²) in [5, 5.41) is 3.90. The van der Waals surface area contributed by atoms with Gasteiger partial charge in [-0.25, -0.2) is 9.97 Å². The maximum atomic E-state index is 7.52. The quantitative estimate of drug-likeness (QED) is 0.135. The summed E-state index contributed by atoms with van der Waals surface area (Å²) >= 11 is 0. The highest BCUT2D eigenvalue weighted by atomic mass is 28.4. The molecule has 4 atom stereocenters. The molecule has 0 aromatic carbocycles. The fourth-order valence-corrected chi connectivity index (χ4v) is 9.50. The second-order valence-electron chi connectivity index (χ2n) is 19.5. The fraction of sp³-hybridized carbons (Fsp3) is 0.795. The number of rotatable bonds is 16. The topological polar surface area (TPSA) is 73.7 Å². The molecule has 3 rings (SSSR count). The van der Waals surface area contributed by atoms with E-state index in [0.717, 1.165) is 37.6 Å². The zero-order chi connectivity index (χ0) is 37.8. The lowest BCUT2D eigenvalue weighted by molar-refractivity contribution is -0.101. The first-order valence-corrected chi connectivity index (χ1v) is 28.0. The molecule has 1 aliphatic rings. The van der Waals surface area contributed by atoms with E-state index < -0.39 is 25.0 Å². The van der Waals surface area contributed by atoms with Crippen molar-refractivity contribution in [3.8, 4) is 5.69 Å². The molecular weight excluding hydrogens is 671 g/mol. The van der Waals surface area contributed by atoms with Crippen LogP contribution in [0.1, 0.15) is 94.9 Å². The Morgan fingerprint density at radius 1 is 0.780 bits per heavy atom. The molecule has 11 heteroatoms. The maximum absolute atomic E-state index is 7.52. The van der Waals surface area contributed by atoms with E-state index >= 15 is 0 Å². The standard InChI is InChI=1S/C39H75N5O3Si3/c1-31-28-43(25-20-18-17-19-23-41-34-22-21-32(27-42-34)44-26-24-40-30-44)33(29-45-48(11,12)37(2,3)4)36(47-50(15,16)39(8,9)10)35(31)46-49(13,14)38(5,6)7/h21-22,24,26-27,30-31,33,35-36H,17-20,23,25,28-29H2,1-16H3,(H,41,42)/t31-,33+,35+,36+/m0/s1. The second-order valence-corrected chi connectivity index (χ2v) is 33.8. The number of likely N-dealkylation sites (tertiary alicyclic amines) is 1. The van der Waals surface area contributed by atoms with Gasteiger partial charge in [0.25, 0.3) is 0 Å². The number of piperidine rings is 1. The average molecular weight is 746 g/mol. The molecule has 0 spiro atoms. The van der Waals surface area contributed by atoms with Crippen LogP contribution in [-0.4, -0.2) is 88.9 Å². The van der Waals surface area contributed by atoms with Crippen molar-refractivity contribution in [1.82, 2.24) is 19.4 Å². The van der Waals surface area contributed by atoms with Crippen molar-refractivity contribution in [3.05, 3.63) is 37.1 Å². The molecule has 3 heterocycles. The number of anilines is 1. The Morgan fingerprint density at radius 3 is 1.88 bits per heavy atom. The maximum Gasteiger partial charge on any atom is 0.192 e. The first-order valence-electron chi connectivity index (χ1n) is 19.3. The predicted molar refractivity (Wildman–Crippen MR) is 220 cm³/mol. The van der Waals surface area contributed by atoms with Crippen LogP contribution in [0.15, 0.2) is 37.1 Å². The third kappa shape index (κ3) is 11.3. The molecule has 2 aromatic heterocycles. The molecule has 1 N–H and O–H groups in total. The summed E-state index contributed by atoms with van der Waals surface area (Å²) in [4.78, 5) is 11.4. The van der Waals surface area contributed by atoms with Crippen molar-refractivity contribution in [3.63, 3.8) is 0 Å². The van der Waals surface area contributed by atoms with Gasteiger partial charge in [0.15, 0.2) is 25.0 Å². The molecule has 0 saturated carbocycles. The van der Waals surface area contributed by atoms with Gasteiger partial charge in [-0.3, -0.25) is 4.90 Å². The van der Waals surface area contributed by atoms with Gasteiger partial charge in [-0.2, -0.15) is 0 Å². The van der Waals surface area contributed by atoms with E-state index in [1.165, 1.54) is 19.3 Å². The zero-order valence-corrected chi connectivity index (χ0v) is 37.9. The molecule has 50 heavy (non-hydrogen) atoms. The van der Waals surface area contributed by atoms with Gasteiger partial charge in [0.05, 0.1) is 43.1 Å². The zero-order valence-electron chi connectivity index (χ0n) is 34.9. The molecule has 8 nitrogen and oxygen atoms in total. The lowest BCUT2D eigenvalue weighted by atomic mass is 9.88. The Hall–Kier alpha value is -1.35. The van der Waals surface area contributed by atoms with E-state index in [2.05, 4.69) is 135 Å². The summed E-state index contributed by atoms with van der Waals surface area (Å²) in [6.45, 7) is 41.6. The van der Waals surface area contributed by atoms with Gasteiger partial charge in [0.1, 0.15) is 5.82 Å². The average Bonchev–Trinajstić information content (AvgIpc) is 3.52. The van der Waals surface area contributed by atoms with Crippen LogP contribution in [0, 0.1) is 5.92 Å². The van der Waals surface area contributed by atoms with E-state index in [1.54, 1.807) is 12.5 Å². The highest BCUT2D eigenvalue weighted by Gasteiger charge is 2.52. The largest absolute Gasteiger partial charge is 0.415 e. The lowest BCUT2D eigenvalue weighted by Gasteiger charge is -2.54. The third-order valence-corrected chi connectivity index (χ3v) is 25.8. The number of imidazole rings is 1. The molecule has 1 aliphatic heterocycles. The number of aromatic nitrogens is 3. The lowest BCUT2D eigenvalue weighted by Crippen LogP contribution is -2.66. The number of hydrogen-bond acceptors (Lipinski definition) is 7. The summed E-state index contributed by atoms with van der Waals surface area (Å²) < 4.78 is 23.9. The molecule has 286 valence electrons. The van der Waals surface area contributed by atoms with Crippen molar-refractivity contribution in [2.75, 3.05) is 31.6 Å². The second kappa shape index (κ2) is 16.8. The van der Waals surface area contributed by atoms with Gasteiger partial charge in [-0.05, 0) is 91.8 Å². The molecule has 0 radical (unpaired) electrons. The molecule has 1 saturated heterocycles. The van der Waals surface area contributed by atoms with Gasteiger partial charge < -0.3 is 23.2 Å². The minimum absolute atomic E-state index is 0.0181. The van der Waals surface area contributed by atoms with E-state index in [-0.39, 0.29) is 33.4 Å². The van der Waals surface area contributed by atoms with Crippen molar-refractivity contribution in [2.45, 2.75) is 168 Å². The molecule has 0 unspecified atom stereocenters. The summed E-state index contributed by atoms with van der Waals surface area (Å²) in [7, 11) is -6.15. The third-order valence-electron chi connectivity index (χ3n) is 12.4. The van der Waals surface area contributed by atoms with Crippen LogP contribution in [0.5, 0.6) is 0 Å². The highest BCUT2D eigenvalue weighted by Crippen LogP contribution is 2.44. The van der Waals surface area contributed by atoms with Crippen LogP contribution >= 0.6 is 0 Å². The first-order chi connectivity index (χ1) is 22.9. The summed E-state index contributed by atoms with van der Waals surface area (Å²) in [6, 6.07) is 4.29. The number of unbranched alkanes of at least 4 members (excludes halogenated alkanes) is 3. The molecule has 0 bridgehead atoms. The SMILES string of the molecule is C[C@H]1CN(CCCCCCNc2ccc(-n3ccnc3)cn2)[C@H](CO[Si](C)(C)C(C)(C)C)[C@@H](O[Si](C)(C)C(C)(C)C)[C@@H]1O[Si](C)(C)C(C)(C)C. The Morgan fingerprint density at radius 2 is 1.36 bits per heavy atom. The van der Waals surface area contributed by atoms with Gasteiger partial charge in [0.2, 0.25) is 0 Å². The Balaban J connectivity index is 1.73. The van der Waals surface area contributed by atoms with Crippen molar-refractivity contribution in [2.24, 2.45) is 5.92 Å². The summed E-state index contributed by atoms with van der Waals surface area (Å²) in [5.74, 6) is 1.29. The molecular formula is C39H75N5O3Si3. The minimum atomic E-state index is -2.12. The molecule has 0 amide bonds. The molecule has 1 fully saturated rings. The Labute approximate surface area is 310 Å². The Kier molecular flexibility index (Phi) is 14.4. The molecule has 2 aromatic rings. The van der Waals surface area contributed by atoms with E-state index in [9.17, 15) is 0 Å². The predicted octanol–water partition coefficient (Wildman–Crippen LogP) is 10.4. The highest BCUT2D eigenvalue weighted by molar-refractivity contribution is 6.75. The van der Waals surface area contributed by atoms with Crippen molar-refractivity contribution < 1.29 is 13.3 Å². The van der Waals surface area contributed by atoms with Crippen LogP contribution in [0.4, 0.5) is 5.82 Å². The Bertz CT molecular complexity index is 1300. The normalized spacial score (nSPS) is 21.8. The van der Waals surface area contributed by atoms with Gasteiger partial charge in [0, 0.05) is 25.5 Å². The minimum Gasteiger partial charge on any atom is -0.415 e. The fourth-order valence-electron chi connectivity index (χ4n) is 5.76. The van der Waals surface area contributed by atoms with Crippen molar-refractivity contribution in [1.29, 1.82) is 0 Å². The monoisotopic (exact) mass is 746 g/mol. The molecule has 0 aliphatic carbocycles. The van der Waals surface area contributed by atoms with Gasteiger partial charge in [-0.15, -0.1) is 0 Å². The first kappa shape index (κ1) is 43.1. The van der Waals surface area contributed by atoms with E-state index in [0.29, 0.717) is 12.5 Å². The van der Waals surface area contributed by atoms with E-state index in [1.807, 2.05) is 23.0 Å². The van der Waals surface area contributed by atoms with Crippen LogP contribution in [0.25, 0.3) is 5.69 Å². The van der Waals surface area contributed by atoms with Gasteiger partial charge in [-0.1, -0.05) is 82.1 Å². The number of hydrogen-bond donors (Lipinski definition) is 1. The number of pyridine rings is 1. The summed E-state index contributed by atoms with van der Waals surface area (Å²) in [5.41, 5.74) is 1.02. The van der Waals surface area contributed by atoms with Gasteiger partial charge >= 0.3 is 0 Å². The smallest absolute Gasteiger partial charge is 0.192 e. The van der Waals surface area contributed by atoms with Crippen molar-refractivity contribution >= 4 is 30.8 Å². The van der Waals surface area contributed by atoms with Crippen LogP contribution < -0.4 is 5.32 Å². The number of nitrogens with one attached hydrogen (secondary N) is 1. The van der Waals surface area contributed by atoms with Crippen LogP contribution in [0.3, 0.4) is 0 Å². The van der Waals surface area contributed by atoms with Crippen LogP contribution in [0.2, 0.25) is 54.4 Å². The van der Waals surface area contributed by atoms with E-state index in [4.69, 9.17) is 13.3 Å².